The molecule has 0 bridgehead atoms. The zero-order valence-electron chi connectivity index (χ0n) is 16.7. The number of nitrogens with two attached hydrogens (primary N) is 1. The van der Waals surface area contributed by atoms with Crippen molar-refractivity contribution in [3.63, 3.8) is 0 Å². The summed E-state index contributed by atoms with van der Waals surface area (Å²) in [5.41, 5.74) is 7.18. The van der Waals surface area contributed by atoms with Crippen molar-refractivity contribution in [3.8, 4) is 0 Å². The number of hydrogen-bond acceptors (Lipinski definition) is 4. The van der Waals surface area contributed by atoms with Crippen LogP contribution < -0.4 is 16.0 Å². The molecule has 0 aliphatic carbocycles. The molecule has 28 heavy (non-hydrogen) atoms. The summed E-state index contributed by atoms with van der Waals surface area (Å²) in [6.45, 7) is 6.18. The molecule has 0 spiro atoms. The minimum atomic E-state index is -0.442. The summed E-state index contributed by atoms with van der Waals surface area (Å²) in [5.74, 6) is -0.276. The van der Waals surface area contributed by atoms with E-state index >= 15 is 0 Å². The van der Waals surface area contributed by atoms with Crippen molar-refractivity contribution in [3.05, 3.63) is 24.3 Å². The van der Waals surface area contributed by atoms with Gasteiger partial charge in [-0.05, 0) is 49.4 Å². The lowest BCUT2D eigenvalue weighted by Crippen LogP contribution is -2.47. The first-order valence-electron chi connectivity index (χ1n) is 10.1. The van der Waals surface area contributed by atoms with Gasteiger partial charge >= 0.3 is 0 Å². The van der Waals surface area contributed by atoms with Gasteiger partial charge in [0, 0.05) is 43.3 Å². The number of nitrogens with zero attached hydrogens (tertiary/aromatic N) is 2. The van der Waals surface area contributed by atoms with E-state index < -0.39 is 6.04 Å². The Morgan fingerprint density at radius 1 is 1.11 bits per heavy atom. The van der Waals surface area contributed by atoms with Gasteiger partial charge in [-0.15, -0.1) is 0 Å². The maximum Gasteiger partial charge on any atom is 0.247 e. The van der Waals surface area contributed by atoms with Gasteiger partial charge in [-0.3, -0.25) is 14.4 Å². The number of primary amides is 1. The van der Waals surface area contributed by atoms with E-state index in [0.717, 1.165) is 43.7 Å². The van der Waals surface area contributed by atoms with Gasteiger partial charge in [-0.25, -0.2) is 0 Å². The molecule has 2 fully saturated rings. The molecule has 1 aromatic carbocycles. The highest BCUT2D eigenvalue weighted by Crippen LogP contribution is 2.25. The number of likely N-dealkylation sites (tertiary alicyclic amines) is 1. The number of piperidine rings is 1. The van der Waals surface area contributed by atoms with Crippen LogP contribution in [0.4, 0.5) is 11.4 Å². The molecule has 3 rings (SSSR count). The predicted octanol–water partition coefficient (Wildman–Crippen LogP) is 1.97. The van der Waals surface area contributed by atoms with E-state index in [9.17, 15) is 14.4 Å². The zero-order chi connectivity index (χ0) is 20.3. The highest BCUT2D eigenvalue weighted by molar-refractivity contribution is 5.97. The van der Waals surface area contributed by atoms with Gasteiger partial charge in [-0.1, -0.05) is 13.8 Å². The lowest BCUT2D eigenvalue weighted by atomic mass is 9.96. The quantitative estimate of drug-likeness (QED) is 0.781. The number of anilines is 2. The number of nitrogens with one attached hydrogen (secondary N) is 1. The maximum absolute atomic E-state index is 12.8. The van der Waals surface area contributed by atoms with Crippen LogP contribution in [-0.2, 0) is 14.4 Å². The summed E-state index contributed by atoms with van der Waals surface area (Å²) < 4.78 is 0. The summed E-state index contributed by atoms with van der Waals surface area (Å²) in [4.78, 5) is 40.1. The average Bonchev–Trinajstić information content (AvgIpc) is 3.08. The highest BCUT2D eigenvalue weighted by atomic mass is 16.2. The lowest BCUT2D eigenvalue weighted by Gasteiger charge is -2.32. The SMILES string of the molecule is CC(C)C(C(=O)Nc1ccc(N2CCC(C(N)=O)CC2)cc1)N1CCCC1=O. The largest absolute Gasteiger partial charge is 0.371 e. The fourth-order valence-electron chi connectivity index (χ4n) is 4.16. The van der Waals surface area contributed by atoms with E-state index in [1.807, 2.05) is 38.1 Å². The molecule has 2 aliphatic heterocycles. The maximum atomic E-state index is 12.8. The Labute approximate surface area is 166 Å². The number of benzene rings is 1. The van der Waals surface area contributed by atoms with Crippen molar-refractivity contribution in [1.82, 2.24) is 4.90 Å². The summed E-state index contributed by atoms with van der Waals surface area (Å²) in [6.07, 6.45) is 2.88. The molecule has 7 heteroatoms. The summed E-state index contributed by atoms with van der Waals surface area (Å²) in [5, 5.41) is 2.96. The van der Waals surface area contributed by atoms with Crippen LogP contribution in [0, 0.1) is 11.8 Å². The van der Waals surface area contributed by atoms with E-state index in [2.05, 4.69) is 10.2 Å². The summed E-state index contributed by atoms with van der Waals surface area (Å²) >= 11 is 0. The molecule has 152 valence electrons. The first kappa shape index (κ1) is 20.2. The van der Waals surface area contributed by atoms with E-state index in [4.69, 9.17) is 5.73 Å². The predicted molar refractivity (Wildman–Crippen MR) is 109 cm³/mol. The molecule has 0 radical (unpaired) electrons. The second-order valence-corrected chi connectivity index (χ2v) is 8.08. The van der Waals surface area contributed by atoms with Crippen molar-refractivity contribution in [2.45, 2.75) is 45.6 Å². The Hall–Kier alpha value is -2.57. The van der Waals surface area contributed by atoms with Crippen LogP contribution in [0.5, 0.6) is 0 Å². The van der Waals surface area contributed by atoms with Gasteiger partial charge in [0.15, 0.2) is 0 Å². The molecule has 0 saturated carbocycles. The average molecular weight is 386 g/mol. The fraction of sp³-hybridized carbons (Fsp3) is 0.571. The smallest absolute Gasteiger partial charge is 0.247 e. The number of carbonyl (C=O) groups is 3. The van der Waals surface area contributed by atoms with Crippen LogP contribution in [0.2, 0.25) is 0 Å². The van der Waals surface area contributed by atoms with Gasteiger partial charge < -0.3 is 20.9 Å². The lowest BCUT2D eigenvalue weighted by molar-refractivity contribution is -0.136. The van der Waals surface area contributed by atoms with E-state index in [0.29, 0.717) is 13.0 Å². The van der Waals surface area contributed by atoms with Crippen LogP contribution in [0.3, 0.4) is 0 Å². The van der Waals surface area contributed by atoms with Crippen molar-refractivity contribution < 1.29 is 14.4 Å². The first-order valence-corrected chi connectivity index (χ1v) is 10.1. The molecular weight excluding hydrogens is 356 g/mol. The van der Waals surface area contributed by atoms with Crippen molar-refractivity contribution in [1.29, 1.82) is 0 Å². The monoisotopic (exact) mass is 386 g/mol. The molecule has 1 unspecified atom stereocenters. The molecule has 3 amide bonds. The van der Waals surface area contributed by atoms with Crippen LogP contribution in [0.25, 0.3) is 0 Å². The molecule has 2 aliphatic rings. The third-order valence-corrected chi connectivity index (χ3v) is 5.74. The second kappa shape index (κ2) is 8.63. The van der Waals surface area contributed by atoms with Crippen molar-refractivity contribution >= 4 is 29.1 Å². The molecule has 2 heterocycles. The Kier molecular flexibility index (Phi) is 6.21. The van der Waals surface area contributed by atoms with Crippen molar-refractivity contribution in [2.75, 3.05) is 29.9 Å². The number of rotatable bonds is 6. The van der Waals surface area contributed by atoms with Crippen LogP contribution in [0.1, 0.15) is 39.5 Å². The summed E-state index contributed by atoms with van der Waals surface area (Å²) in [6, 6.07) is 7.28. The molecule has 3 N–H and O–H groups in total. The van der Waals surface area contributed by atoms with E-state index in [1.54, 1.807) is 4.90 Å². The number of amides is 3. The van der Waals surface area contributed by atoms with Crippen LogP contribution >= 0.6 is 0 Å². The zero-order valence-corrected chi connectivity index (χ0v) is 16.7. The van der Waals surface area contributed by atoms with Gasteiger partial charge in [0.25, 0.3) is 0 Å². The molecule has 1 atom stereocenters. The standard InChI is InChI=1S/C21H30N4O3/c1-14(2)19(25-11-3-4-18(25)26)21(28)23-16-5-7-17(8-6-16)24-12-9-15(10-13-24)20(22)27/h5-8,14-15,19H,3-4,9-13H2,1-2H3,(H2,22,27)(H,23,28). The molecule has 7 nitrogen and oxygen atoms in total. The third kappa shape index (κ3) is 4.46. The van der Waals surface area contributed by atoms with Crippen LogP contribution in [-0.4, -0.2) is 48.3 Å². The fourth-order valence-corrected chi connectivity index (χ4v) is 4.16. The Balaban J connectivity index is 1.61. The Morgan fingerprint density at radius 2 is 1.75 bits per heavy atom. The highest BCUT2D eigenvalue weighted by Gasteiger charge is 2.35. The van der Waals surface area contributed by atoms with Gasteiger partial charge in [0.05, 0.1) is 0 Å². The molecular formula is C21H30N4O3. The molecule has 0 aromatic heterocycles. The van der Waals surface area contributed by atoms with Crippen molar-refractivity contribution in [2.24, 2.45) is 17.6 Å². The van der Waals surface area contributed by atoms with E-state index in [1.165, 1.54) is 0 Å². The Bertz CT molecular complexity index is 724. The Morgan fingerprint density at radius 3 is 2.25 bits per heavy atom. The topological polar surface area (TPSA) is 95.7 Å². The van der Waals surface area contributed by atoms with E-state index in [-0.39, 0.29) is 29.6 Å². The normalized spacial score (nSPS) is 19.2. The van der Waals surface area contributed by atoms with Crippen LogP contribution in [0.15, 0.2) is 24.3 Å². The number of carbonyl (C=O) groups excluding carboxylic acids is 3. The van der Waals surface area contributed by atoms with Gasteiger partial charge in [-0.2, -0.15) is 0 Å². The summed E-state index contributed by atoms with van der Waals surface area (Å²) in [7, 11) is 0. The third-order valence-electron chi connectivity index (χ3n) is 5.74. The minimum Gasteiger partial charge on any atom is -0.371 e. The van der Waals surface area contributed by atoms with Gasteiger partial charge in [0.2, 0.25) is 17.7 Å². The first-order chi connectivity index (χ1) is 13.4. The minimum absolute atomic E-state index is 0.0314. The second-order valence-electron chi connectivity index (χ2n) is 8.08. The molecule has 1 aromatic rings. The molecule has 2 saturated heterocycles. The van der Waals surface area contributed by atoms with Gasteiger partial charge in [0.1, 0.15) is 6.04 Å². The number of hydrogen-bond donors (Lipinski definition) is 2.